The van der Waals surface area contributed by atoms with Crippen LogP contribution in [0.3, 0.4) is 0 Å². The van der Waals surface area contributed by atoms with Crippen molar-refractivity contribution in [1.29, 1.82) is 0 Å². The monoisotopic (exact) mass is 422 g/mol. The van der Waals surface area contributed by atoms with Crippen molar-refractivity contribution in [2.24, 2.45) is 0 Å². The average molecular weight is 424 g/mol. The van der Waals surface area contributed by atoms with Crippen molar-refractivity contribution >= 4 is 23.2 Å². The molecule has 0 aliphatic rings. The van der Waals surface area contributed by atoms with Crippen molar-refractivity contribution in [2.45, 2.75) is 140 Å². The highest BCUT2D eigenvalue weighted by atomic mass is 35.5. The predicted molar refractivity (Wildman–Crippen MR) is 125 cm³/mol. The van der Waals surface area contributed by atoms with Crippen molar-refractivity contribution in [2.75, 3.05) is 13.2 Å². The SMILES string of the molecule is CCCCCCCCCCC(Cl)COCC(Cl)CCCCCCCCCC. The highest BCUT2D eigenvalue weighted by molar-refractivity contribution is 6.21. The molecule has 0 spiro atoms. The summed E-state index contributed by atoms with van der Waals surface area (Å²) >= 11 is 12.8. The Morgan fingerprint density at radius 1 is 0.481 bits per heavy atom. The number of unbranched alkanes of at least 4 members (excludes halogenated alkanes) is 14. The maximum absolute atomic E-state index is 6.38. The number of alkyl halides is 2. The van der Waals surface area contributed by atoms with Gasteiger partial charge in [-0.1, -0.05) is 117 Å². The first-order valence-electron chi connectivity index (χ1n) is 12.1. The van der Waals surface area contributed by atoms with E-state index in [4.69, 9.17) is 27.9 Å². The zero-order valence-corrected chi connectivity index (χ0v) is 20.0. The molecule has 0 aromatic heterocycles. The first kappa shape index (κ1) is 27.5. The number of hydrogen-bond donors (Lipinski definition) is 0. The van der Waals surface area contributed by atoms with Gasteiger partial charge in [0.05, 0.1) is 24.0 Å². The van der Waals surface area contributed by atoms with Crippen LogP contribution in [0, 0.1) is 0 Å². The van der Waals surface area contributed by atoms with E-state index in [1.807, 2.05) is 0 Å². The molecule has 164 valence electrons. The van der Waals surface area contributed by atoms with Crippen molar-refractivity contribution in [3.63, 3.8) is 0 Å². The van der Waals surface area contributed by atoms with Gasteiger partial charge in [-0.05, 0) is 12.8 Å². The van der Waals surface area contributed by atoms with Crippen LogP contribution in [0.2, 0.25) is 0 Å². The summed E-state index contributed by atoms with van der Waals surface area (Å²) < 4.78 is 5.74. The van der Waals surface area contributed by atoms with Gasteiger partial charge in [-0.15, -0.1) is 23.2 Å². The molecule has 0 fully saturated rings. The summed E-state index contributed by atoms with van der Waals surface area (Å²) in [5.41, 5.74) is 0. The molecule has 0 aliphatic carbocycles. The Morgan fingerprint density at radius 3 is 1.11 bits per heavy atom. The minimum Gasteiger partial charge on any atom is -0.378 e. The standard InChI is InChI=1S/C24H48Cl2O/c1-3-5-7-9-11-13-15-17-19-23(25)21-27-22-24(26)20-18-16-14-12-10-8-6-4-2/h23-24H,3-22H2,1-2H3. The normalized spacial score (nSPS) is 13.8. The predicted octanol–water partition coefficient (Wildman–Crippen LogP) is 9.28. The molecular formula is C24H48Cl2O. The molecule has 3 heteroatoms. The molecule has 0 radical (unpaired) electrons. The van der Waals surface area contributed by atoms with Crippen LogP contribution in [0.5, 0.6) is 0 Å². The van der Waals surface area contributed by atoms with Gasteiger partial charge in [-0.2, -0.15) is 0 Å². The fourth-order valence-corrected chi connectivity index (χ4v) is 3.98. The van der Waals surface area contributed by atoms with Gasteiger partial charge in [0, 0.05) is 0 Å². The van der Waals surface area contributed by atoms with Crippen LogP contribution in [-0.4, -0.2) is 24.0 Å². The lowest BCUT2D eigenvalue weighted by Crippen LogP contribution is -2.15. The molecule has 27 heavy (non-hydrogen) atoms. The first-order chi connectivity index (χ1) is 13.2. The summed E-state index contributed by atoms with van der Waals surface area (Å²) in [6.07, 6.45) is 23.8. The van der Waals surface area contributed by atoms with E-state index in [2.05, 4.69) is 13.8 Å². The molecule has 0 heterocycles. The van der Waals surface area contributed by atoms with Crippen molar-refractivity contribution in [1.82, 2.24) is 0 Å². The smallest absolute Gasteiger partial charge is 0.0630 e. The summed E-state index contributed by atoms with van der Waals surface area (Å²) in [5, 5.41) is 0.300. The van der Waals surface area contributed by atoms with Gasteiger partial charge < -0.3 is 4.74 Å². The molecule has 0 rings (SSSR count). The lowest BCUT2D eigenvalue weighted by molar-refractivity contribution is 0.130. The average Bonchev–Trinajstić information content (AvgIpc) is 2.66. The topological polar surface area (TPSA) is 9.23 Å². The quantitative estimate of drug-likeness (QED) is 0.124. The van der Waals surface area contributed by atoms with Gasteiger partial charge in [0.2, 0.25) is 0 Å². The lowest BCUT2D eigenvalue weighted by Gasteiger charge is -2.13. The number of hydrogen-bond acceptors (Lipinski definition) is 1. The lowest BCUT2D eigenvalue weighted by atomic mass is 10.1. The largest absolute Gasteiger partial charge is 0.378 e. The summed E-state index contributed by atoms with van der Waals surface area (Å²) in [7, 11) is 0. The maximum Gasteiger partial charge on any atom is 0.0630 e. The molecule has 0 aromatic rings. The van der Waals surface area contributed by atoms with E-state index >= 15 is 0 Å². The zero-order valence-electron chi connectivity index (χ0n) is 18.5. The van der Waals surface area contributed by atoms with Crippen LogP contribution in [-0.2, 0) is 4.74 Å². The second kappa shape index (κ2) is 22.8. The summed E-state index contributed by atoms with van der Waals surface area (Å²) in [6.45, 7) is 5.84. The minimum atomic E-state index is 0.150. The van der Waals surface area contributed by atoms with Gasteiger partial charge in [0.25, 0.3) is 0 Å². The van der Waals surface area contributed by atoms with E-state index in [9.17, 15) is 0 Å². The Labute approximate surface area is 181 Å². The summed E-state index contributed by atoms with van der Waals surface area (Å²) in [5.74, 6) is 0. The highest BCUT2D eigenvalue weighted by Gasteiger charge is 2.08. The number of ether oxygens (including phenoxy) is 1. The molecule has 0 bridgehead atoms. The molecule has 1 nitrogen and oxygen atoms in total. The van der Waals surface area contributed by atoms with E-state index in [0.717, 1.165) is 12.8 Å². The van der Waals surface area contributed by atoms with E-state index in [0.29, 0.717) is 13.2 Å². The van der Waals surface area contributed by atoms with Gasteiger partial charge in [-0.3, -0.25) is 0 Å². The maximum atomic E-state index is 6.38. The van der Waals surface area contributed by atoms with E-state index in [-0.39, 0.29) is 10.8 Å². The molecular weight excluding hydrogens is 375 g/mol. The second-order valence-electron chi connectivity index (χ2n) is 8.26. The number of halogens is 2. The molecule has 0 aromatic carbocycles. The van der Waals surface area contributed by atoms with Crippen LogP contribution in [0.25, 0.3) is 0 Å². The van der Waals surface area contributed by atoms with Crippen LogP contribution in [0.4, 0.5) is 0 Å². The third kappa shape index (κ3) is 22.7. The third-order valence-corrected chi connectivity index (χ3v) is 6.03. The van der Waals surface area contributed by atoms with E-state index in [1.54, 1.807) is 0 Å². The van der Waals surface area contributed by atoms with Gasteiger partial charge in [0.15, 0.2) is 0 Å². The van der Waals surface area contributed by atoms with Crippen molar-refractivity contribution < 1.29 is 4.74 Å². The summed E-state index contributed by atoms with van der Waals surface area (Å²) in [4.78, 5) is 0. The Hall–Kier alpha value is 0.540. The first-order valence-corrected chi connectivity index (χ1v) is 12.9. The van der Waals surface area contributed by atoms with Crippen LogP contribution >= 0.6 is 23.2 Å². The van der Waals surface area contributed by atoms with E-state index < -0.39 is 0 Å². The molecule has 0 saturated carbocycles. The van der Waals surface area contributed by atoms with Crippen molar-refractivity contribution in [3.8, 4) is 0 Å². The minimum absolute atomic E-state index is 0.150. The van der Waals surface area contributed by atoms with Crippen LogP contribution in [0.1, 0.15) is 129 Å². The Morgan fingerprint density at radius 2 is 0.778 bits per heavy atom. The Kier molecular flexibility index (Phi) is 23.3. The number of rotatable bonds is 22. The summed E-state index contributed by atoms with van der Waals surface area (Å²) in [6, 6.07) is 0. The molecule has 0 saturated heterocycles. The third-order valence-electron chi connectivity index (χ3n) is 5.34. The fourth-order valence-electron chi connectivity index (χ4n) is 3.49. The van der Waals surface area contributed by atoms with Gasteiger partial charge in [0.1, 0.15) is 0 Å². The molecule has 2 unspecified atom stereocenters. The fraction of sp³-hybridized carbons (Fsp3) is 1.00. The van der Waals surface area contributed by atoms with Crippen LogP contribution in [0.15, 0.2) is 0 Å². The van der Waals surface area contributed by atoms with E-state index in [1.165, 1.54) is 103 Å². The van der Waals surface area contributed by atoms with Gasteiger partial charge >= 0.3 is 0 Å². The Bertz CT molecular complexity index is 247. The molecule has 2 atom stereocenters. The molecule has 0 aliphatic heterocycles. The second-order valence-corrected chi connectivity index (χ2v) is 9.49. The van der Waals surface area contributed by atoms with Crippen LogP contribution < -0.4 is 0 Å². The molecule has 0 N–H and O–H groups in total. The van der Waals surface area contributed by atoms with Crippen molar-refractivity contribution in [3.05, 3.63) is 0 Å². The Balaban J connectivity index is 3.29. The zero-order chi connectivity index (χ0) is 20.0. The highest BCUT2D eigenvalue weighted by Crippen LogP contribution is 2.15. The van der Waals surface area contributed by atoms with Gasteiger partial charge in [-0.25, -0.2) is 0 Å². The molecule has 0 amide bonds.